The summed E-state index contributed by atoms with van der Waals surface area (Å²) in [5.41, 5.74) is 11.1. The topological polar surface area (TPSA) is 53.1 Å². The number of benzene rings is 1. The summed E-state index contributed by atoms with van der Waals surface area (Å²) >= 11 is 0. The highest BCUT2D eigenvalue weighted by molar-refractivity contribution is 5.58. The molecule has 0 radical (unpaired) electrons. The van der Waals surface area contributed by atoms with Gasteiger partial charge in [-0.2, -0.15) is 5.10 Å². The van der Waals surface area contributed by atoms with E-state index in [4.69, 9.17) is 10.5 Å². The van der Waals surface area contributed by atoms with Gasteiger partial charge in [0.25, 0.3) is 0 Å². The molecule has 0 saturated carbocycles. The molecule has 0 atom stereocenters. The molecule has 1 heterocycles. The van der Waals surface area contributed by atoms with Crippen LogP contribution in [0.3, 0.4) is 0 Å². The zero-order valence-corrected chi connectivity index (χ0v) is 12.9. The van der Waals surface area contributed by atoms with Crippen molar-refractivity contribution in [1.29, 1.82) is 0 Å². The van der Waals surface area contributed by atoms with Crippen LogP contribution in [0.2, 0.25) is 0 Å². The second kappa shape index (κ2) is 5.57. The van der Waals surface area contributed by atoms with Gasteiger partial charge in [0.1, 0.15) is 5.75 Å². The summed E-state index contributed by atoms with van der Waals surface area (Å²) in [5.74, 6) is 0.711. The van der Waals surface area contributed by atoms with Crippen molar-refractivity contribution in [1.82, 2.24) is 9.78 Å². The minimum Gasteiger partial charge on any atom is -0.489 e. The van der Waals surface area contributed by atoms with Gasteiger partial charge in [-0.25, -0.2) is 4.68 Å². The van der Waals surface area contributed by atoms with E-state index in [1.54, 1.807) is 0 Å². The Morgan fingerprint density at radius 1 is 1.30 bits per heavy atom. The molecular formula is C16H23N3O. The lowest BCUT2D eigenvalue weighted by Crippen LogP contribution is -2.08. The molecule has 0 aliphatic carbocycles. The van der Waals surface area contributed by atoms with Crippen molar-refractivity contribution in [2.24, 2.45) is 0 Å². The normalized spacial score (nSPS) is 11.1. The van der Waals surface area contributed by atoms with Crippen LogP contribution in [0.25, 0.3) is 5.69 Å². The number of rotatable bonds is 4. The molecule has 2 N–H and O–H groups in total. The molecule has 0 fully saturated rings. The minimum atomic E-state index is 0.0965. The number of aryl methyl sites for hydroxylation is 1. The number of hydrogen-bond donors (Lipinski definition) is 1. The molecule has 0 spiro atoms. The first-order valence-corrected chi connectivity index (χ1v) is 7.05. The first-order valence-electron chi connectivity index (χ1n) is 7.05. The number of hydrogen-bond acceptors (Lipinski definition) is 3. The van der Waals surface area contributed by atoms with Crippen LogP contribution in [0, 0.1) is 13.8 Å². The van der Waals surface area contributed by atoms with Gasteiger partial charge in [-0.05, 0) is 51.8 Å². The van der Waals surface area contributed by atoms with Crippen LogP contribution >= 0.6 is 0 Å². The largest absolute Gasteiger partial charge is 0.489 e. The Morgan fingerprint density at radius 2 is 2.00 bits per heavy atom. The Labute approximate surface area is 120 Å². The molecule has 0 aliphatic rings. The predicted octanol–water partition coefficient (Wildman–Crippen LogP) is 3.42. The number of nitrogens with zero attached hydrogens (tertiary/aromatic N) is 2. The van der Waals surface area contributed by atoms with Crippen molar-refractivity contribution in [3.63, 3.8) is 0 Å². The fraction of sp³-hybridized carbons (Fsp3) is 0.438. The SMILES string of the molecule is CCc1c(C)nn(-c2ccc(N)c(OC(C)C)c2)c1C. The second-order valence-corrected chi connectivity index (χ2v) is 5.30. The van der Waals surface area contributed by atoms with E-state index in [0.717, 1.165) is 17.8 Å². The molecule has 0 saturated heterocycles. The van der Waals surface area contributed by atoms with E-state index in [2.05, 4.69) is 18.9 Å². The second-order valence-electron chi connectivity index (χ2n) is 5.30. The highest BCUT2D eigenvalue weighted by atomic mass is 16.5. The van der Waals surface area contributed by atoms with Crippen molar-refractivity contribution in [2.75, 3.05) is 5.73 Å². The van der Waals surface area contributed by atoms with E-state index in [0.29, 0.717) is 11.4 Å². The van der Waals surface area contributed by atoms with Gasteiger partial charge in [0.2, 0.25) is 0 Å². The summed E-state index contributed by atoms with van der Waals surface area (Å²) in [5, 5.41) is 4.62. The Kier molecular flexibility index (Phi) is 4.02. The Hall–Kier alpha value is -1.97. The summed E-state index contributed by atoms with van der Waals surface area (Å²) < 4.78 is 7.70. The molecule has 0 amide bonds. The van der Waals surface area contributed by atoms with Crippen LogP contribution in [-0.2, 0) is 6.42 Å². The minimum absolute atomic E-state index is 0.0965. The van der Waals surface area contributed by atoms with Crippen molar-refractivity contribution in [3.05, 3.63) is 35.2 Å². The Balaban J connectivity index is 2.48. The van der Waals surface area contributed by atoms with Crippen LogP contribution in [-0.4, -0.2) is 15.9 Å². The molecule has 2 aromatic rings. The zero-order chi connectivity index (χ0) is 14.9. The van der Waals surface area contributed by atoms with Gasteiger partial charge in [0, 0.05) is 11.8 Å². The van der Waals surface area contributed by atoms with Crippen molar-refractivity contribution in [3.8, 4) is 11.4 Å². The van der Waals surface area contributed by atoms with Crippen LogP contribution in [0.5, 0.6) is 5.75 Å². The van der Waals surface area contributed by atoms with E-state index in [-0.39, 0.29) is 6.10 Å². The molecule has 2 rings (SSSR count). The first-order chi connectivity index (χ1) is 9.43. The molecule has 20 heavy (non-hydrogen) atoms. The first kappa shape index (κ1) is 14.4. The highest BCUT2D eigenvalue weighted by Gasteiger charge is 2.13. The number of nitrogen functional groups attached to an aromatic ring is 1. The monoisotopic (exact) mass is 273 g/mol. The van der Waals surface area contributed by atoms with Crippen LogP contribution in [0.15, 0.2) is 18.2 Å². The molecule has 1 aromatic heterocycles. The van der Waals surface area contributed by atoms with Crippen molar-refractivity contribution >= 4 is 5.69 Å². The molecule has 0 unspecified atom stereocenters. The Bertz CT molecular complexity index is 614. The molecule has 108 valence electrons. The van der Waals surface area contributed by atoms with Gasteiger partial charge < -0.3 is 10.5 Å². The predicted molar refractivity (Wildman–Crippen MR) is 82.6 cm³/mol. The third kappa shape index (κ3) is 2.64. The summed E-state index contributed by atoms with van der Waals surface area (Å²) in [6, 6.07) is 5.80. The standard InChI is InChI=1S/C16H23N3O/c1-6-14-11(4)18-19(12(14)5)13-7-8-15(17)16(9-13)20-10(2)3/h7-10H,6,17H2,1-5H3. The maximum atomic E-state index is 5.96. The van der Waals surface area contributed by atoms with E-state index in [1.807, 2.05) is 43.7 Å². The van der Waals surface area contributed by atoms with Gasteiger partial charge in [0.15, 0.2) is 0 Å². The maximum Gasteiger partial charge on any atom is 0.144 e. The maximum absolute atomic E-state index is 5.96. The van der Waals surface area contributed by atoms with Gasteiger partial charge in [-0.3, -0.25) is 0 Å². The average molecular weight is 273 g/mol. The van der Waals surface area contributed by atoms with Crippen LogP contribution in [0.4, 0.5) is 5.69 Å². The Morgan fingerprint density at radius 3 is 2.55 bits per heavy atom. The van der Waals surface area contributed by atoms with Crippen molar-refractivity contribution in [2.45, 2.75) is 47.1 Å². The summed E-state index contributed by atoms with van der Waals surface area (Å²) in [7, 11) is 0. The van der Waals surface area contributed by atoms with E-state index in [1.165, 1.54) is 11.3 Å². The van der Waals surface area contributed by atoms with E-state index in [9.17, 15) is 0 Å². The third-order valence-corrected chi connectivity index (χ3v) is 3.40. The third-order valence-electron chi connectivity index (χ3n) is 3.40. The molecule has 1 aromatic carbocycles. The number of anilines is 1. The smallest absolute Gasteiger partial charge is 0.144 e. The lowest BCUT2D eigenvalue weighted by molar-refractivity contribution is 0.244. The molecule has 4 nitrogen and oxygen atoms in total. The zero-order valence-electron chi connectivity index (χ0n) is 12.9. The highest BCUT2D eigenvalue weighted by Crippen LogP contribution is 2.27. The van der Waals surface area contributed by atoms with Crippen LogP contribution in [0.1, 0.15) is 37.7 Å². The van der Waals surface area contributed by atoms with Gasteiger partial charge in [0.05, 0.1) is 23.2 Å². The molecule has 0 aliphatic heterocycles. The van der Waals surface area contributed by atoms with Gasteiger partial charge in [-0.1, -0.05) is 6.92 Å². The number of nitrogens with two attached hydrogens (primary N) is 1. The fourth-order valence-electron chi connectivity index (χ4n) is 2.45. The lowest BCUT2D eigenvalue weighted by atomic mass is 10.1. The van der Waals surface area contributed by atoms with Crippen LogP contribution < -0.4 is 10.5 Å². The quantitative estimate of drug-likeness (QED) is 0.868. The molecule has 0 bridgehead atoms. The summed E-state index contributed by atoms with van der Waals surface area (Å²) in [4.78, 5) is 0. The van der Waals surface area contributed by atoms with Gasteiger partial charge >= 0.3 is 0 Å². The number of aromatic nitrogens is 2. The summed E-state index contributed by atoms with van der Waals surface area (Å²) in [6.07, 6.45) is 1.08. The summed E-state index contributed by atoms with van der Waals surface area (Å²) in [6.45, 7) is 10.3. The van der Waals surface area contributed by atoms with Crippen molar-refractivity contribution < 1.29 is 4.74 Å². The lowest BCUT2D eigenvalue weighted by Gasteiger charge is -2.14. The number of ether oxygens (including phenoxy) is 1. The van der Waals surface area contributed by atoms with E-state index < -0.39 is 0 Å². The average Bonchev–Trinajstić information content (AvgIpc) is 2.66. The molecular weight excluding hydrogens is 250 g/mol. The van der Waals surface area contributed by atoms with E-state index >= 15 is 0 Å². The molecule has 4 heteroatoms. The fourth-order valence-corrected chi connectivity index (χ4v) is 2.45. The van der Waals surface area contributed by atoms with Gasteiger partial charge in [-0.15, -0.1) is 0 Å².